The maximum atomic E-state index is 11.0. The summed E-state index contributed by atoms with van der Waals surface area (Å²) in [4.78, 5) is 25.7. The summed E-state index contributed by atoms with van der Waals surface area (Å²) in [6, 6.07) is 13.9. The summed E-state index contributed by atoms with van der Waals surface area (Å²) in [6.07, 6.45) is 2.52. The molecule has 2 aromatic carbocycles. The number of benzene rings is 2. The van der Waals surface area contributed by atoms with E-state index in [0.717, 1.165) is 42.6 Å². The SMILES string of the molecule is CCN=C(CC)CCc1ccccc1C(=O)O.Cc1ccc(C(=O)O)cc1. The van der Waals surface area contributed by atoms with Gasteiger partial charge in [0.25, 0.3) is 0 Å². The molecule has 0 heterocycles. The fraction of sp³-hybridized carbons (Fsp3) is 0.318. The van der Waals surface area contributed by atoms with Gasteiger partial charge in [0.15, 0.2) is 0 Å². The highest BCUT2D eigenvalue weighted by Crippen LogP contribution is 2.12. The molecule has 0 saturated carbocycles. The molecule has 0 aliphatic heterocycles. The summed E-state index contributed by atoms with van der Waals surface area (Å²) in [5.41, 5.74) is 3.86. The zero-order valence-electron chi connectivity index (χ0n) is 16.1. The number of hydrogen-bond donors (Lipinski definition) is 2. The van der Waals surface area contributed by atoms with Crippen LogP contribution in [0.4, 0.5) is 0 Å². The average molecular weight is 369 g/mol. The highest BCUT2D eigenvalue weighted by molar-refractivity contribution is 5.90. The maximum Gasteiger partial charge on any atom is 0.335 e. The Morgan fingerprint density at radius 3 is 2.07 bits per heavy atom. The number of aryl methyl sites for hydroxylation is 2. The Kier molecular flexibility index (Phi) is 9.51. The van der Waals surface area contributed by atoms with Crippen molar-refractivity contribution in [1.29, 1.82) is 0 Å². The van der Waals surface area contributed by atoms with E-state index in [1.165, 1.54) is 0 Å². The summed E-state index contributed by atoms with van der Waals surface area (Å²) in [5.74, 6) is -1.73. The molecule has 0 spiro atoms. The molecule has 27 heavy (non-hydrogen) atoms. The van der Waals surface area contributed by atoms with Crippen LogP contribution in [0.25, 0.3) is 0 Å². The molecule has 0 unspecified atom stereocenters. The number of nitrogens with zero attached hydrogens (tertiary/aromatic N) is 1. The Hall–Kier alpha value is -2.95. The van der Waals surface area contributed by atoms with Gasteiger partial charge in [-0.2, -0.15) is 0 Å². The van der Waals surface area contributed by atoms with Crippen LogP contribution in [0.5, 0.6) is 0 Å². The van der Waals surface area contributed by atoms with Crippen molar-refractivity contribution < 1.29 is 19.8 Å². The molecule has 2 rings (SSSR count). The number of carboxylic acid groups (broad SMARTS) is 2. The quantitative estimate of drug-likeness (QED) is 0.681. The number of aliphatic imine (C=N–C) groups is 1. The first-order valence-corrected chi connectivity index (χ1v) is 9.02. The molecule has 0 bridgehead atoms. The molecule has 0 atom stereocenters. The Balaban J connectivity index is 0.000000309. The molecule has 0 aliphatic rings. The van der Waals surface area contributed by atoms with Crippen molar-refractivity contribution in [2.75, 3.05) is 6.54 Å². The number of carboxylic acids is 2. The van der Waals surface area contributed by atoms with Crippen molar-refractivity contribution in [2.24, 2.45) is 4.99 Å². The number of hydrogen-bond acceptors (Lipinski definition) is 3. The van der Waals surface area contributed by atoms with Gasteiger partial charge in [-0.3, -0.25) is 4.99 Å². The fourth-order valence-corrected chi connectivity index (χ4v) is 2.51. The molecule has 0 saturated heterocycles. The third kappa shape index (κ3) is 7.86. The lowest BCUT2D eigenvalue weighted by Crippen LogP contribution is -2.05. The van der Waals surface area contributed by atoms with Crippen LogP contribution in [-0.2, 0) is 6.42 Å². The summed E-state index contributed by atoms with van der Waals surface area (Å²) in [7, 11) is 0. The van der Waals surface area contributed by atoms with Crippen LogP contribution in [-0.4, -0.2) is 34.4 Å². The molecule has 0 amide bonds. The zero-order chi connectivity index (χ0) is 20.2. The van der Waals surface area contributed by atoms with Gasteiger partial charge in [-0.15, -0.1) is 0 Å². The Morgan fingerprint density at radius 2 is 1.56 bits per heavy atom. The van der Waals surface area contributed by atoms with Crippen LogP contribution in [0.3, 0.4) is 0 Å². The van der Waals surface area contributed by atoms with Crippen LogP contribution in [0.15, 0.2) is 53.5 Å². The second-order valence-electron chi connectivity index (χ2n) is 6.03. The van der Waals surface area contributed by atoms with Gasteiger partial charge in [0.2, 0.25) is 0 Å². The predicted molar refractivity (Wildman–Crippen MR) is 108 cm³/mol. The van der Waals surface area contributed by atoms with E-state index in [0.29, 0.717) is 11.1 Å². The molecular weight excluding hydrogens is 342 g/mol. The molecule has 0 fully saturated rings. The van der Waals surface area contributed by atoms with Gasteiger partial charge in [-0.25, -0.2) is 9.59 Å². The van der Waals surface area contributed by atoms with Gasteiger partial charge in [0.05, 0.1) is 11.1 Å². The number of aromatic carboxylic acids is 2. The lowest BCUT2D eigenvalue weighted by Gasteiger charge is -2.07. The zero-order valence-corrected chi connectivity index (χ0v) is 16.1. The van der Waals surface area contributed by atoms with Crippen molar-refractivity contribution in [2.45, 2.75) is 40.0 Å². The average Bonchev–Trinajstić information content (AvgIpc) is 2.66. The van der Waals surface area contributed by atoms with Gasteiger partial charge in [0.1, 0.15) is 0 Å². The largest absolute Gasteiger partial charge is 0.478 e. The second-order valence-corrected chi connectivity index (χ2v) is 6.03. The molecule has 5 nitrogen and oxygen atoms in total. The van der Waals surface area contributed by atoms with E-state index in [9.17, 15) is 9.59 Å². The van der Waals surface area contributed by atoms with E-state index >= 15 is 0 Å². The summed E-state index contributed by atoms with van der Waals surface area (Å²) in [6.45, 7) is 6.81. The number of rotatable bonds is 7. The minimum absolute atomic E-state index is 0.339. The van der Waals surface area contributed by atoms with Crippen LogP contribution >= 0.6 is 0 Å². The lowest BCUT2D eigenvalue weighted by molar-refractivity contribution is 0.0685. The molecule has 5 heteroatoms. The lowest BCUT2D eigenvalue weighted by atomic mass is 10.0. The summed E-state index contributed by atoms with van der Waals surface area (Å²) in [5, 5.41) is 17.5. The third-order valence-corrected chi connectivity index (χ3v) is 4.02. The first-order chi connectivity index (χ1) is 12.9. The predicted octanol–water partition coefficient (Wildman–Crippen LogP) is 4.88. The van der Waals surface area contributed by atoms with Crippen LogP contribution in [0, 0.1) is 6.92 Å². The van der Waals surface area contributed by atoms with Crippen molar-refractivity contribution in [3.63, 3.8) is 0 Å². The van der Waals surface area contributed by atoms with Crippen molar-refractivity contribution in [3.8, 4) is 0 Å². The van der Waals surface area contributed by atoms with E-state index in [1.807, 2.05) is 26.0 Å². The molecule has 0 aliphatic carbocycles. The Morgan fingerprint density at radius 1 is 0.926 bits per heavy atom. The van der Waals surface area contributed by atoms with E-state index in [-0.39, 0.29) is 0 Å². The smallest absolute Gasteiger partial charge is 0.335 e. The molecule has 0 radical (unpaired) electrons. The minimum atomic E-state index is -0.875. The summed E-state index contributed by atoms with van der Waals surface area (Å²) < 4.78 is 0. The topological polar surface area (TPSA) is 87.0 Å². The van der Waals surface area contributed by atoms with Gasteiger partial charge in [-0.1, -0.05) is 42.8 Å². The normalized spacial score (nSPS) is 10.7. The standard InChI is InChI=1S/C14H19NO2.C8H8O2/c1-3-12(15-4-2)10-9-11-7-5-6-8-13(11)14(16)17;1-6-2-4-7(5-3-6)8(9)10/h5-8H,3-4,9-10H2,1-2H3,(H,16,17);2-5H,1H3,(H,9,10). The monoisotopic (exact) mass is 369 g/mol. The Labute approximate surface area is 160 Å². The van der Waals surface area contributed by atoms with E-state index in [1.54, 1.807) is 36.4 Å². The second kappa shape index (κ2) is 11.6. The minimum Gasteiger partial charge on any atom is -0.478 e. The highest BCUT2D eigenvalue weighted by atomic mass is 16.4. The Bertz CT molecular complexity index is 779. The van der Waals surface area contributed by atoms with E-state index < -0.39 is 11.9 Å². The summed E-state index contributed by atoms with van der Waals surface area (Å²) >= 11 is 0. The molecule has 2 N–H and O–H groups in total. The number of carbonyl (C=O) groups is 2. The first-order valence-electron chi connectivity index (χ1n) is 9.02. The van der Waals surface area contributed by atoms with Crippen LogP contribution in [0.1, 0.15) is 58.5 Å². The van der Waals surface area contributed by atoms with Crippen LogP contribution in [0.2, 0.25) is 0 Å². The van der Waals surface area contributed by atoms with Gasteiger partial charge in [-0.05, 0) is 56.9 Å². The third-order valence-electron chi connectivity index (χ3n) is 4.02. The molecule has 2 aromatic rings. The van der Waals surface area contributed by atoms with E-state index in [4.69, 9.17) is 10.2 Å². The van der Waals surface area contributed by atoms with Gasteiger partial charge in [0, 0.05) is 12.3 Å². The molecular formula is C22H27NO4. The van der Waals surface area contributed by atoms with Crippen LogP contribution < -0.4 is 0 Å². The molecule has 0 aromatic heterocycles. The highest BCUT2D eigenvalue weighted by Gasteiger charge is 2.09. The van der Waals surface area contributed by atoms with E-state index in [2.05, 4.69) is 11.9 Å². The fourth-order valence-electron chi connectivity index (χ4n) is 2.51. The van der Waals surface area contributed by atoms with Gasteiger partial charge < -0.3 is 10.2 Å². The van der Waals surface area contributed by atoms with Crippen molar-refractivity contribution in [3.05, 3.63) is 70.8 Å². The van der Waals surface area contributed by atoms with Crippen molar-refractivity contribution in [1.82, 2.24) is 0 Å². The molecule has 144 valence electrons. The van der Waals surface area contributed by atoms with Gasteiger partial charge >= 0.3 is 11.9 Å². The first kappa shape index (κ1) is 22.1. The maximum absolute atomic E-state index is 11.0. The van der Waals surface area contributed by atoms with Crippen molar-refractivity contribution >= 4 is 17.7 Å².